The summed E-state index contributed by atoms with van der Waals surface area (Å²) in [6.07, 6.45) is 2.77. The molecule has 114 valence electrons. The van der Waals surface area contributed by atoms with Crippen LogP contribution in [0.3, 0.4) is 0 Å². The molecule has 3 rings (SSSR count). The van der Waals surface area contributed by atoms with Gasteiger partial charge in [0.05, 0.1) is 11.6 Å². The van der Waals surface area contributed by atoms with E-state index in [0.717, 1.165) is 35.5 Å². The van der Waals surface area contributed by atoms with E-state index in [1.807, 2.05) is 31.3 Å². The van der Waals surface area contributed by atoms with Crippen molar-refractivity contribution in [2.24, 2.45) is 7.05 Å². The van der Waals surface area contributed by atoms with E-state index < -0.39 is 0 Å². The number of aryl methyl sites for hydroxylation is 1. The van der Waals surface area contributed by atoms with Gasteiger partial charge in [0.2, 0.25) is 5.95 Å². The van der Waals surface area contributed by atoms with Gasteiger partial charge < -0.3 is 10.6 Å². The second-order valence-corrected chi connectivity index (χ2v) is 5.40. The summed E-state index contributed by atoms with van der Waals surface area (Å²) in [5, 5.41) is 12.3. The fourth-order valence-electron chi connectivity index (χ4n) is 2.10. The van der Waals surface area contributed by atoms with Gasteiger partial charge >= 0.3 is 0 Å². The van der Waals surface area contributed by atoms with Gasteiger partial charge in [0.15, 0.2) is 5.65 Å². The third kappa shape index (κ3) is 2.96. The van der Waals surface area contributed by atoms with Crippen molar-refractivity contribution >= 4 is 40.1 Å². The Labute approximate surface area is 133 Å². The normalized spacial score (nSPS) is 10.9. The first-order valence-electron chi connectivity index (χ1n) is 7.13. The highest BCUT2D eigenvalue weighted by atomic mass is 35.5. The lowest BCUT2D eigenvalue weighted by Crippen LogP contribution is -2.07. The van der Waals surface area contributed by atoms with E-state index in [1.54, 1.807) is 10.9 Å². The first-order valence-corrected chi connectivity index (χ1v) is 7.51. The second-order valence-electron chi connectivity index (χ2n) is 4.96. The molecule has 0 aliphatic heterocycles. The number of aromatic nitrogens is 4. The molecule has 0 aliphatic rings. The highest BCUT2D eigenvalue weighted by Crippen LogP contribution is 2.25. The Balaban J connectivity index is 2.00. The predicted octanol–water partition coefficient (Wildman–Crippen LogP) is 3.58. The van der Waals surface area contributed by atoms with E-state index in [-0.39, 0.29) is 0 Å². The average Bonchev–Trinajstić information content (AvgIpc) is 2.89. The van der Waals surface area contributed by atoms with Crippen molar-refractivity contribution in [2.45, 2.75) is 13.3 Å². The van der Waals surface area contributed by atoms with Gasteiger partial charge in [0.25, 0.3) is 0 Å². The molecule has 0 saturated heterocycles. The quantitative estimate of drug-likeness (QED) is 0.753. The molecule has 0 saturated carbocycles. The molecule has 2 N–H and O–H groups in total. The summed E-state index contributed by atoms with van der Waals surface area (Å²) in [4.78, 5) is 9.06. The van der Waals surface area contributed by atoms with Crippen LogP contribution >= 0.6 is 11.6 Å². The first kappa shape index (κ1) is 14.6. The Kier molecular flexibility index (Phi) is 4.11. The Hall–Kier alpha value is -2.34. The monoisotopic (exact) mass is 316 g/mol. The maximum Gasteiger partial charge on any atom is 0.226 e. The van der Waals surface area contributed by atoms with Crippen LogP contribution in [-0.2, 0) is 7.05 Å². The number of halogens is 1. The molecule has 6 nitrogen and oxygen atoms in total. The summed E-state index contributed by atoms with van der Waals surface area (Å²) in [6.45, 7) is 2.92. The lowest BCUT2D eigenvalue weighted by Gasteiger charge is -2.10. The minimum absolute atomic E-state index is 0.592. The van der Waals surface area contributed by atoms with Crippen molar-refractivity contribution in [2.75, 3.05) is 17.2 Å². The number of hydrogen-bond donors (Lipinski definition) is 2. The lowest BCUT2D eigenvalue weighted by molar-refractivity contribution is 0.785. The average molecular weight is 317 g/mol. The van der Waals surface area contributed by atoms with Crippen molar-refractivity contribution in [1.29, 1.82) is 0 Å². The van der Waals surface area contributed by atoms with E-state index in [9.17, 15) is 0 Å². The van der Waals surface area contributed by atoms with Crippen LogP contribution in [0.4, 0.5) is 17.5 Å². The van der Waals surface area contributed by atoms with Crippen LogP contribution in [0.15, 0.2) is 30.5 Å². The van der Waals surface area contributed by atoms with Crippen molar-refractivity contribution < 1.29 is 0 Å². The van der Waals surface area contributed by atoms with Gasteiger partial charge in [0, 0.05) is 24.3 Å². The molecule has 0 atom stereocenters. The highest BCUT2D eigenvalue weighted by Gasteiger charge is 2.11. The summed E-state index contributed by atoms with van der Waals surface area (Å²) < 4.78 is 1.74. The summed E-state index contributed by atoms with van der Waals surface area (Å²) in [5.74, 6) is 1.31. The molecular formula is C15H17ClN6. The van der Waals surface area contributed by atoms with Crippen molar-refractivity contribution in [1.82, 2.24) is 19.7 Å². The Morgan fingerprint density at radius 1 is 1.18 bits per heavy atom. The van der Waals surface area contributed by atoms with Crippen LogP contribution in [0.5, 0.6) is 0 Å². The topological polar surface area (TPSA) is 67.7 Å². The van der Waals surface area contributed by atoms with Gasteiger partial charge in [-0.05, 0) is 30.7 Å². The minimum Gasteiger partial charge on any atom is -0.354 e. The van der Waals surface area contributed by atoms with Crippen molar-refractivity contribution in [3.05, 3.63) is 35.5 Å². The molecule has 3 aromatic rings. The van der Waals surface area contributed by atoms with Gasteiger partial charge in [-0.3, -0.25) is 4.68 Å². The van der Waals surface area contributed by atoms with Gasteiger partial charge in [-0.25, -0.2) is 0 Å². The van der Waals surface area contributed by atoms with E-state index >= 15 is 0 Å². The largest absolute Gasteiger partial charge is 0.354 e. The molecule has 0 aliphatic carbocycles. The molecule has 1 aromatic carbocycles. The maximum absolute atomic E-state index is 5.92. The molecule has 0 amide bonds. The highest BCUT2D eigenvalue weighted by molar-refractivity contribution is 6.30. The number of hydrogen-bond acceptors (Lipinski definition) is 5. The number of benzene rings is 1. The summed E-state index contributed by atoms with van der Waals surface area (Å²) in [5.41, 5.74) is 1.69. The zero-order valence-corrected chi connectivity index (χ0v) is 13.2. The molecule has 2 aromatic heterocycles. The summed E-state index contributed by atoms with van der Waals surface area (Å²) in [7, 11) is 1.87. The van der Waals surface area contributed by atoms with Crippen LogP contribution in [0.1, 0.15) is 13.3 Å². The maximum atomic E-state index is 5.92. The zero-order valence-electron chi connectivity index (χ0n) is 12.5. The predicted molar refractivity (Wildman–Crippen MR) is 89.8 cm³/mol. The molecule has 0 radical (unpaired) electrons. The summed E-state index contributed by atoms with van der Waals surface area (Å²) in [6, 6.07) is 7.49. The van der Waals surface area contributed by atoms with Gasteiger partial charge in [-0.1, -0.05) is 18.5 Å². The number of anilines is 3. The molecule has 0 spiro atoms. The molecule has 0 fully saturated rings. The molecule has 0 bridgehead atoms. The third-order valence-corrected chi connectivity index (χ3v) is 3.48. The minimum atomic E-state index is 0.592. The van der Waals surface area contributed by atoms with Crippen LogP contribution in [-0.4, -0.2) is 26.3 Å². The van der Waals surface area contributed by atoms with E-state index in [2.05, 4.69) is 32.6 Å². The number of rotatable bonds is 5. The molecule has 2 heterocycles. The molecule has 0 unspecified atom stereocenters. The van der Waals surface area contributed by atoms with Crippen LogP contribution in [0.25, 0.3) is 11.0 Å². The van der Waals surface area contributed by atoms with Crippen LogP contribution < -0.4 is 10.6 Å². The number of nitrogens with one attached hydrogen (secondary N) is 2. The Morgan fingerprint density at radius 3 is 2.68 bits per heavy atom. The van der Waals surface area contributed by atoms with E-state index in [0.29, 0.717) is 11.0 Å². The smallest absolute Gasteiger partial charge is 0.226 e. The van der Waals surface area contributed by atoms with Crippen molar-refractivity contribution in [3.63, 3.8) is 0 Å². The standard InChI is InChI=1S/C15H17ClN6/c1-3-8-17-15-20-13(12-9-18-22(2)14(12)21-15)19-11-6-4-10(16)5-7-11/h4-7,9H,3,8H2,1-2H3,(H2,17,19,20,21). The fourth-order valence-corrected chi connectivity index (χ4v) is 2.23. The number of fused-ring (bicyclic) bond motifs is 1. The van der Waals surface area contributed by atoms with Crippen LogP contribution in [0, 0.1) is 0 Å². The SMILES string of the molecule is CCCNc1nc(Nc2ccc(Cl)cc2)c2cnn(C)c2n1. The number of nitrogens with zero attached hydrogens (tertiary/aromatic N) is 4. The zero-order chi connectivity index (χ0) is 15.5. The van der Waals surface area contributed by atoms with Crippen LogP contribution in [0.2, 0.25) is 5.02 Å². The van der Waals surface area contributed by atoms with Gasteiger partial charge in [0.1, 0.15) is 5.82 Å². The second kappa shape index (κ2) is 6.19. The summed E-state index contributed by atoms with van der Waals surface area (Å²) >= 11 is 5.92. The fraction of sp³-hybridized carbons (Fsp3) is 0.267. The van der Waals surface area contributed by atoms with Gasteiger partial charge in [-0.15, -0.1) is 0 Å². The Morgan fingerprint density at radius 2 is 1.95 bits per heavy atom. The molecular weight excluding hydrogens is 300 g/mol. The first-order chi connectivity index (χ1) is 10.7. The third-order valence-electron chi connectivity index (χ3n) is 3.23. The Bertz CT molecular complexity index is 781. The lowest BCUT2D eigenvalue weighted by atomic mass is 10.3. The molecule has 7 heteroatoms. The molecule has 22 heavy (non-hydrogen) atoms. The van der Waals surface area contributed by atoms with E-state index in [4.69, 9.17) is 11.6 Å². The van der Waals surface area contributed by atoms with E-state index in [1.165, 1.54) is 0 Å². The van der Waals surface area contributed by atoms with Crippen molar-refractivity contribution in [3.8, 4) is 0 Å². The van der Waals surface area contributed by atoms with Gasteiger partial charge in [-0.2, -0.15) is 15.1 Å².